The van der Waals surface area contributed by atoms with Crippen LogP contribution >= 0.6 is 0 Å². The average Bonchev–Trinajstić information content (AvgIpc) is 2.68. The van der Waals surface area contributed by atoms with Crippen molar-refractivity contribution in [2.45, 2.75) is 13.0 Å². The van der Waals surface area contributed by atoms with E-state index >= 15 is 0 Å². The monoisotopic (exact) mass is 364 g/mol. The largest absolute Gasteiger partial charge is 0.489 e. The predicted molar refractivity (Wildman–Crippen MR) is 105 cm³/mol. The average molecular weight is 364 g/mol. The van der Waals surface area contributed by atoms with E-state index in [-0.39, 0.29) is 18.1 Å². The summed E-state index contributed by atoms with van der Waals surface area (Å²) in [5.74, 6) is 0.320. The van der Waals surface area contributed by atoms with Gasteiger partial charge in [-0.25, -0.2) is 4.39 Å². The maximum absolute atomic E-state index is 13.1. The molecule has 3 rings (SSSR count). The van der Waals surface area contributed by atoms with Crippen LogP contribution in [0.15, 0.2) is 78.9 Å². The normalized spacial score (nSPS) is 10.3. The molecular weight excluding hydrogens is 343 g/mol. The highest BCUT2D eigenvalue weighted by Crippen LogP contribution is 2.17. The van der Waals surface area contributed by atoms with Crippen LogP contribution in [0.1, 0.15) is 12.0 Å². The van der Waals surface area contributed by atoms with Gasteiger partial charge in [-0.1, -0.05) is 36.4 Å². The van der Waals surface area contributed by atoms with Gasteiger partial charge < -0.3 is 15.4 Å². The van der Waals surface area contributed by atoms with E-state index in [1.54, 1.807) is 24.3 Å². The summed E-state index contributed by atoms with van der Waals surface area (Å²) >= 11 is 0. The molecular formula is C22H21FN2O2. The second-order valence-corrected chi connectivity index (χ2v) is 6.03. The van der Waals surface area contributed by atoms with Gasteiger partial charge in [0.05, 0.1) is 0 Å². The molecule has 5 heteroatoms. The summed E-state index contributed by atoms with van der Waals surface area (Å²) in [5, 5.41) is 5.85. The SMILES string of the molecule is O=C(CCNc1cccc(F)c1)Nc1ccc(OCc2ccccc2)cc1. The molecule has 27 heavy (non-hydrogen) atoms. The van der Waals surface area contributed by atoms with Crippen LogP contribution in [0.4, 0.5) is 15.8 Å². The van der Waals surface area contributed by atoms with Gasteiger partial charge in [0.25, 0.3) is 0 Å². The van der Waals surface area contributed by atoms with Crippen LogP contribution in [0.3, 0.4) is 0 Å². The van der Waals surface area contributed by atoms with Crippen molar-refractivity contribution in [2.75, 3.05) is 17.2 Å². The van der Waals surface area contributed by atoms with Crippen LogP contribution in [0.5, 0.6) is 5.75 Å². The first-order valence-electron chi connectivity index (χ1n) is 8.75. The first kappa shape index (κ1) is 18.5. The first-order valence-corrected chi connectivity index (χ1v) is 8.75. The third kappa shape index (κ3) is 6.15. The van der Waals surface area contributed by atoms with Gasteiger partial charge >= 0.3 is 0 Å². The molecule has 2 N–H and O–H groups in total. The Balaban J connectivity index is 1.41. The number of amides is 1. The van der Waals surface area contributed by atoms with Crippen molar-refractivity contribution in [3.8, 4) is 5.75 Å². The molecule has 0 saturated carbocycles. The topological polar surface area (TPSA) is 50.4 Å². The molecule has 138 valence electrons. The van der Waals surface area contributed by atoms with Crippen LogP contribution in [-0.4, -0.2) is 12.5 Å². The number of ether oxygens (including phenoxy) is 1. The number of nitrogens with one attached hydrogen (secondary N) is 2. The van der Waals surface area contributed by atoms with E-state index in [1.165, 1.54) is 12.1 Å². The summed E-state index contributed by atoms with van der Waals surface area (Å²) in [7, 11) is 0. The van der Waals surface area contributed by atoms with Crippen molar-refractivity contribution in [1.29, 1.82) is 0 Å². The molecule has 0 radical (unpaired) electrons. The summed E-state index contributed by atoms with van der Waals surface area (Å²) in [4.78, 5) is 12.0. The summed E-state index contributed by atoms with van der Waals surface area (Å²) < 4.78 is 18.8. The van der Waals surface area contributed by atoms with E-state index in [0.717, 1.165) is 11.3 Å². The molecule has 0 fully saturated rings. The minimum atomic E-state index is -0.306. The van der Waals surface area contributed by atoms with Crippen molar-refractivity contribution < 1.29 is 13.9 Å². The quantitative estimate of drug-likeness (QED) is 0.601. The fourth-order valence-electron chi connectivity index (χ4n) is 2.52. The zero-order valence-electron chi connectivity index (χ0n) is 14.8. The third-order valence-corrected chi connectivity index (χ3v) is 3.89. The molecule has 0 aliphatic heterocycles. The Kier molecular flexibility index (Phi) is 6.41. The number of carbonyl (C=O) groups excluding carboxylic acids is 1. The van der Waals surface area contributed by atoms with Crippen LogP contribution < -0.4 is 15.4 Å². The van der Waals surface area contributed by atoms with E-state index in [4.69, 9.17) is 4.74 Å². The Morgan fingerprint density at radius 1 is 0.889 bits per heavy atom. The van der Waals surface area contributed by atoms with Gasteiger partial charge in [-0.2, -0.15) is 0 Å². The summed E-state index contributed by atoms with van der Waals surface area (Å²) in [6.45, 7) is 0.922. The van der Waals surface area contributed by atoms with Gasteiger partial charge in [0, 0.05) is 24.3 Å². The van der Waals surface area contributed by atoms with Crippen molar-refractivity contribution in [1.82, 2.24) is 0 Å². The smallest absolute Gasteiger partial charge is 0.226 e. The molecule has 0 saturated heterocycles. The second-order valence-electron chi connectivity index (χ2n) is 6.03. The lowest BCUT2D eigenvalue weighted by atomic mass is 10.2. The number of benzene rings is 3. The van der Waals surface area contributed by atoms with Gasteiger partial charge in [0.1, 0.15) is 18.2 Å². The van der Waals surface area contributed by atoms with Crippen molar-refractivity contribution in [3.05, 3.63) is 90.2 Å². The zero-order chi connectivity index (χ0) is 18.9. The van der Waals surface area contributed by atoms with E-state index in [9.17, 15) is 9.18 Å². The standard InChI is InChI=1S/C22H21FN2O2/c23-18-7-4-8-20(15-18)24-14-13-22(26)25-19-9-11-21(12-10-19)27-16-17-5-2-1-3-6-17/h1-12,15,24H,13-14,16H2,(H,25,26). The molecule has 0 bridgehead atoms. The third-order valence-electron chi connectivity index (χ3n) is 3.89. The second kappa shape index (κ2) is 9.38. The Hall–Kier alpha value is -3.34. The molecule has 0 atom stereocenters. The summed E-state index contributed by atoms with van der Waals surface area (Å²) in [5.41, 5.74) is 2.46. The van der Waals surface area contributed by atoms with Crippen molar-refractivity contribution in [3.63, 3.8) is 0 Å². The van der Waals surface area contributed by atoms with E-state index < -0.39 is 0 Å². The Morgan fingerprint density at radius 2 is 1.67 bits per heavy atom. The van der Waals surface area contributed by atoms with Gasteiger partial charge in [-0.15, -0.1) is 0 Å². The fraction of sp³-hybridized carbons (Fsp3) is 0.136. The highest BCUT2D eigenvalue weighted by molar-refractivity contribution is 5.91. The number of hydrogen-bond donors (Lipinski definition) is 2. The number of carbonyl (C=O) groups is 1. The molecule has 1 amide bonds. The minimum absolute atomic E-state index is 0.114. The first-order chi connectivity index (χ1) is 13.2. The van der Waals surface area contributed by atoms with E-state index in [2.05, 4.69) is 10.6 Å². The lowest BCUT2D eigenvalue weighted by Gasteiger charge is -2.09. The number of rotatable bonds is 8. The van der Waals surface area contributed by atoms with Crippen LogP contribution in [-0.2, 0) is 11.4 Å². The predicted octanol–water partition coefficient (Wildman–Crippen LogP) is 4.85. The summed E-state index contributed by atoms with van der Waals surface area (Å²) in [6, 6.07) is 23.3. The van der Waals surface area contributed by atoms with Crippen LogP contribution in [0.25, 0.3) is 0 Å². The molecule has 0 spiro atoms. The zero-order valence-corrected chi connectivity index (χ0v) is 14.8. The van der Waals surface area contributed by atoms with Crippen molar-refractivity contribution in [2.24, 2.45) is 0 Å². The maximum Gasteiger partial charge on any atom is 0.226 e. The molecule has 0 unspecified atom stereocenters. The molecule has 0 aliphatic carbocycles. The molecule has 0 aliphatic rings. The van der Waals surface area contributed by atoms with E-state index in [1.807, 2.05) is 42.5 Å². The van der Waals surface area contributed by atoms with Gasteiger partial charge in [0.2, 0.25) is 5.91 Å². The lowest BCUT2D eigenvalue weighted by molar-refractivity contribution is -0.115. The maximum atomic E-state index is 13.1. The number of hydrogen-bond acceptors (Lipinski definition) is 3. The fourth-order valence-corrected chi connectivity index (χ4v) is 2.52. The lowest BCUT2D eigenvalue weighted by Crippen LogP contribution is -2.16. The van der Waals surface area contributed by atoms with Gasteiger partial charge in [0.15, 0.2) is 0 Å². The van der Waals surface area contributed by atoms with Gasteiger partial charge in [-0.05, 0) is 48.0 Å². The Bertz CT molecular complexity index is 867. The summed E-state index contributed by atoms with van der Waals surface area (Å²) in [6.07, 6.45) is 0.281. The van der Waals surface area contributed by atoms with Gasteiger partial charge in [-0.3, -0.25) is 4.79 Å². The van der Waals surface area contributed by atoms with E-state index in [0.29, 0.717) is 24.5 Å². The van der Waals surface area contributed by atoms with Crippen LogP contribution in [0, 0.1) is 5.82 Å². The minimum Gasteiger partial charge on any atom is -0.489 e. The highest BCUT2D eigenvalue weighted by Gasteiger charge is 2.03. The van der Waals surface area contributed by atoms with Crippen LogP contribution in [0.2, 0.25) is 0 Å². The Morgan fingerprint density at radius 3 is 2.41 bits per heavy atom. The Labute approximate surface area is 158 Å². The molecule has 3 aromatic carbocycles. The molecule has 0 heterocycles. The molecule has 3 aromatic rings. The molecule has 4 nitrogen and oxygen atoms in total. The van der Waals surface area contributed by atoms with Crippen molar-refractivity contribution >= 4 is 17.3 Å². The highest BCUT2D eigenvalue weighted by atomic mass is 19.1. The number of halogens is 1. The molecule has 0 aromatic heterocycles. The number of anilines is 2.